The fourth-order valence-electron chi connectivity index (χ4n) is 1.40. The highest BCUT2D eigenvalue weighted by Crippen LogP contribution is 2.14. The highest BCUT2D eigenvalue weighted by Gasteiger charge is 2.03. The first kappa shape index (κ1) is 12.6. The second-order valence-corrected chi connectivity index (χ2v) is 4.57. The van der Waals surface area contributed by atoms with E-state index in [4.69, 9.17) is 4.74 Å². The molecular formula is C14H12BrNO2. The molecule has 0 aliphatic rings. The maximum atomic E-state index is 11.6. The number of anilines is 1. The number of hydrogen-bond donors (Lipinski definition) is 1. The monoisotopic (exact) mass is 305 g/mol. The van der Waals surface area contributed by atoms with Gasteiger partial charge in [0.1, 0.15) is 5.75 Å². The molecule has 0 atom stereocenters. The van der Waals surface area contributed by atoms with Crippen molar-refractivity contribution in [1.29, 1.82) is 0 Å². The molecule has 0 heterocycles. The van der Waals surface area contributed by atoms with Gasteiger partial charge >= 0.3 is 0 Å². The molecule has 0 aliphatic carbocycles. The van der Waals surface area contributed by atoms with Crippen LogP contribution < -0.4 is 10.1 Å². The van der Waals surface area contributed by atoms with Crippen molar-refractivity contribution in [2.75, 3.05) is 11.9 Å². The average Bonchev–Trinajstić information content (AvgIpc) is 2.40. The Morgan fingerprint density at radius 3 is 2.39 bits per heavy atom. The van der Waals surface area contributed by atoms with Crippen LogP contribution in [-0.2, 0) is 4.79 Å². The van der Waals surface area contributed by atoms with Gasteiger partial charge < -0.3 is 10.1 Å². The number of amides is 1. The van der Waals surface area contributed by atoms with Gasteiger partial charge in [0.15, 0.2) is 6.61 Å². The zero-order chi connectivity index (χ0) is 12.8. The Morgan fingerprint density at radius 2 is 1.72 bits per heavy atom. The number of rotatable bonds is 4. The van der Waals surface area contributed by atoms with Crippen LogP contribution in [0.15, 0.2) is 59.1 Å². The van der Waals surface area contributed by atoms with E-state index < -0.39 is 0 Å². The minimum atomic E-state index is -0.179. The number of carbonyl (C=O) groups is 1. The van der Waals surface area contributed by atoms with E-state index in [-0.39, 0.29) is 12.5 Å². The summed E-state index contributed by atoms with van der Waals surface area (Å²) in [5, 5.41) is 2.75. The van der Waals surface area contributed by atoms with Crippen LogP contribution in [0.5, 0.6) is 5.75 Å². The SMILES string of the molecule is O=C(COc1ccccc1)Nc1ccc(Br)cc1. The lowest BCUT2D eigenvalue weighted by molar-refractivity contribution is -0.118. The molecule has 0 saturated heterocycles. The normalized spacial score (nSPS) is 9.83. The maximum absolute atomic E-state index is 11.6. The number of carbonyl (C=O) groups excluding carboxylic acids is 1. The quantitative estimate of drug-likeness (QED) is 0.939. The lowest BCUT2D eigenvalue weighted by Gasteiger charge is -2.07. The highest BCUT2D eigenvalue weighted by molar-refractivity contribution is 9.10. The summed E-state index contributed by atoms with van der Waals surface area (Å²) in [7, 11) is 0. The molecule has 1 N–H and O–H groups in total. The third-order valence-electron chi connectivity index (χ3n) is 2.24. The zero-order valence-electron chi connectivity index (χ0n) is 9.60. The molecule has 0 saturated carbocycles. The van der Waals surface area contributed by atoms with E-state index in [0.29, 0.717) is 5.75 Å². The van der Waals surface area contributed by atoms with Gasteiger partial charge in [-0.1, -0.05) is 34.1 Å². The van der Waals surface area contributed by atoms with Crippen molar-refractivity contribution in [1.82, 2.24) is 0 Å². The molecule has 2 aromatic carbocycles. The molecule has 18 heavy (non-hydrogen) atoms. The molecule has 2 aromatic rings. The Balaban J connectivity index is 1.84. The van der Waals surface area contributed by atoms with Crippen LogP contribution in [0.2, 0.25) is 0 Å². The standard InChI is InChI=1S/C14H12BrNO2/c15-11-6-8-12(9-7-11)16-14(17)10-18-13-4-2-1-3-5-13/h1-9H,10H2,(H,16,17). The third-order valence-corrected chi connectivity index (χ3v) is 2.77. The predicted octanol–water partition coefficient (Wildman–Crippen LogP) is 3.47. The largest absolute Gasteiger partial charge is 0.484 e. The number of para-hydroxylation sites is 1. The van der Waals surface area contributed by atoms with Crippen LogP contribution in [0.3, 0.4) is 0 Å². The Hall–Kier alpha value is -1.81. The topological polar surface area (TPSA) is 38.3 Å². The van der Waals surface area contributed by atoms with Crippen molar-refractivity contribution < 1.29 is 9.53 Å². The number of benzene rings is 2. The van der Waals surface area contributed by atoms with E-state index in [1.807, 2.05) is 54.6 Å². The molecule has 1 amide bonds. The van der Waals surface area contributed by atoms with Crippen LogP contribution >= 0.6 is 15.9 Å². The van der Waals surface area contributed by atoms with E-state index in [1.165, 1.54) is 0 Å². The molecule has 4 heteroatoms. The van der Waals surface area contributed by atoms with Gasteiger partial charge in [-0.2, -0.15) is 0 Å². The fourth-order valence-corrected chi connectivity index (χ4v) is 1.66. The summed E-state index contributed by atoms with van der Waals surface area (Å²) >= 11 is 3.34. The lowest BCUT2D eigenvalue weighted by Crippen LogP contribution is -2.20. The van der Waals surface area contributed by atoms with Gasteiger partial charge in [0.05, 0.1) is 0 Å². The van der Waals surface area contributed by atoms with Crippen LogP contribution in [0.25, 0.3) is 0 Å². The van der Waals surface area contributed by atoms with Crippen molar-refractivity contribution >= 4 is 27.5 Å². The number of ether oxygens (including phenoxy) is 1. The van der Waals surface area contributed by atoms with Crippen LogP contribution in [0, 0.1) is 0 Å². The molecule has 0 bridgehead atoms. The fraction of sp³-hybridized carbons (Fsp3) is 0.0714. The summed E-state index contributed by atoms with van der Waals surface area (Å²) in [5.41, 5.74) is 0.750. The molecule has 0 unspecified atom stereocenters. The third kappa shape index (κ3) is 3.89. The molecule has 92 valence electrons. The second kappa shape index (κ2) is 6.21. The molecule has 0 radical (unpaired) electrons. The smallest absolute Gasteiger partial charge is 0.262 e. The number of nitrogens with one attached hydrogen (secondary N) is 1. The van der Waals surface area contributed by atoms with Crippen molar-refractivity contribution in [3.63, 3.8) is 0 Å². The zero-order valence-corrected chi connectivity index (χ0v) is 11.2. The molecule has 3 nitrogen and oxygen atoms in total. The number of hydrogen-bond acceptors (Lipinski definition) is 2. The van der Waals surface area contributed by atoms with Crippen molar-refractivity contribution in [3.05, 3.63) is 59.1 Å². The summed E-state index contributed by atoms with van der Waals surface area (Å²) in [5.74, 6) is 0.504. The van der Waals surface area contributed by atoms with Gasteiger partial charge in [-0.15, -0.1) is 0 Å². The van der Waals surface area contributed by atoms with Crippen molar-refractivity contribution in [3.8, 4) is 5.75 Å². The van der Waals surface area contributed by atoms with Gasteiger partial charge in [-0.25, -0.2) is 0 Å². The lowest BCUT2D eigenvalue weighted by atomic mass is 10.3. The van der Waals surface area contributed by atoms with Crippen LogP contribution in [0.4, 0.5) is 5.69 Å². The molecule has 0 spiro atoms. The van der Waals surface area contributed by atoms with Gasteiger partial charge in [0, 0.05) is 10.2 Å². The second-order valence-electron chi connectivity index (χ2n) is 3.66. The molecule has 2 rings (SSSR count). The maximum Gasteiger partial charge on any atom is 0.262 e. The molecule has 0 aromatic heterocycles. The van der Waals surface area contributed by atoms with Crippen molar-refractivity contribution in [2.45, 2.75) is 0 Å². The Labute approximate surface area is 114 Å². The van der Waals surface area contributed by atoms with E-state index in [0.717, 1.165) is 10.2 Å². The first-order valence-corrected chi connectivity index (χ1v) is 6.26. The Morgan fingerprint density at radius 1 is 1.06 bits per heavy atom. The van der Waals surface area contributed by atoms with Gasteiger partial charge in [0.25, 0.3) is 5.91 Å². The average molecular weight is 306 g/mol. The summed E-state index contributed by atoms with van der Waals surface area (Å²) < 4.78 is 6.32. The van der Waals surface area contributed by atoms with E-state index in [2.05, 4.69) is 21.2 Å². The summed E-state index contributed by atoms with van der Waals surface area (Å²) in [4.78, 5) is 11.6. The van der Waals surface area contributed by atoms with Crippen LogP contribution in [-0.4, -0.2) is 12.5 Å². The summed E-state index contributed by atoms with van der Waals surface area (Å²) in [6.45, 7) is 0.0000766. The number of halogens is 1. The van der Waals surface area contributed by atoms with Crippen LogP contribution in [0.1, 0.15) is 0 Å². The first-order valence-electron chi connectivity index (χ1n) is 5.47. The van der Waals surface area contributed by atoms with E-state index in [9.17, 15) is 4.79 Å². The Kier molecular flexibility index (Phi) is 4.36. The van der Waals surface area contributed by atoms with E-state index >= 15 is 0 Å². The minimum absolute atomic E-state index is 0.0000766. The van der Waals surface area contributed by atoms with Gasteiger partial charge in [-0.05, 0) is 36.4 Å². The summed E-state index contributed by atoms with van der Waals surface area (Å²) in [6.07, 6.45) is 0. The Bertz CT molecular complexity index is 511. The molecule has 0 fully saturated rings. The first-order chi connectivity index (χ1) is 8.74. The van der Waals surface area contributed by atoms with Gasteiger partial charge in [-0.3, -0.25) is 4.79 Å². The summed E-state index contributed by atoms with van der Waals surface area (Å²) in [6, 6.07) is 16.6. The molecular weight excluding hydrogens is 294 g/mol. The highest BCUT2D eigenvalue weighted by atomic mass is 79.9. The molecule has 0 aliphatic heterocycles. The van der Waals surface area contributed by atoms with E-state index in [1.54, 1.807) is 0 Å². The van der Waals surface area contributed by atoms with Crippen molar-refractivity contribution in [2.24, 2.45) is 0 Å². The predicted molar refractivity (Wildman–Crippen MR) is 74.7 cm³/mol. The minimum Gasteiger partial charge on any atom is -0.484 e. The van der Waals surface area contributed by atoms with Gasteiger partial charge in [0.2, 0.25) is 0 Å².